The van der Waals surface area contributed by atoms with Crippen molar-refractivity contribution in [1.82, 2.24) is 10.7 Å². The van der Waals surface area contributed by atoms with Gasteiger partial charge in [-0.15, -0.1) is 0 Å². The molecule has 1 aromatic carbocycles. The maximum absolute atomic E-state index is 10.4. The number of hydrazone groups is 1. The van der Waals surface area contributed by atoms with E-state index >= 15 is 0 Å². The van der Waals surface area contributed by atoms with E-state index in [9.17, 15) is 9.90 Å². The van der Waals surface area contributed by atoms with Gasteiger partial charge in [-0.05, 0) is 24.4 Å². The van der Waals surface area contributed by atoms with Crippen molar-refractivity contribution in [3.63, 3.8) is 0 Å². The Morgan fingerprint density at radius 1 is 1.48 bits per heavy atom. The Kier molecular flexibility index (Phi) is 7.77. The first-order valence-corrected chi connectivity index (χ1v) is 6.52. The lowest BCUT2D eigenvalue weighted by Crippen LogP contribution is -2.34. The molecule has 0 aliphatic rings. The van der Waals surface area contributed by atoms with Crippen LogP contribution in [0.25, 0.3) is 0 Å². The number of carbonyl (C=O) groups excluding carboxylic acids is 1. The van der Waals surface area contributed by atoms with Crippen molar-refractivity contribution >= 4 is 29.5 Å². The van der Waals surface area contributed by atoms with Crippen LogP contribution in [0.15, 0.2) is 29.4 Å². The summed E-state index contributed by atoms with van der Waals surface area (Å²) in [7, 11) is 1.60. The quantitative estimate of drug-likeness (QED) is 0.283. The van der Waals surface area contributed by atoms with E-state index in [4.69, 9.17) is 21.7 Å². The molecule has 0 amide bonds. The summed E-state index contributed by atoms with van der Waals surface area (Å²) in [6.07, 6.45) is 1.48. The zero-order valence-electron chi connectivity index (χ0n) is 11.5. The summed E-state index contributed by atoms with van der Waals surface area (Å²) in [6, 6.07) is 6.88. The average molecular weight is 310 g/mol. The minimum atomic E-state index is -1.29. The fraction of sp³-hybridized carbons (Fsp3) is 0.308. The van der Waals surface area contributed by atoms with Gasteiger partial charge in [-0.25, -0.2) is 0 Å². The SMILES string of the molecule is COCCNC(=S)N/N=C\c1ccccc1OCC(=O)[O-]. The molecular formula is C13H16N3O4S-. The molecule has 0 bridgehead atoms. The van der Waals surface area contributed by atoms with Crippen LogP contribution < -0.4 is 20.6 Å². The van der Waals surface area contributed by atoms with Gasteiger partial charge in [0.2, 0.25) is 0 Å². The molecule has 0 aromatic heterocycles. The maximum Gasteiger partial charge on any atom is 0.187 e. The molecule has 1 rings (SSSR count). The van der Waals surface area contributed by atoms with Crippen molar-refractivity contribution in [2.45, 2.75) is 0 Å². The van der Waals surface area contributed by atoms with E-state index in [-0.39, 0.29) is 0 Å². The summed E-state index contributed by atoms with van der Waals surface area (Å²) in [5, 5.41) is 17.6. The molecule has 0 saturated heterocycles. The van der Waals surface area contributed by atoms with Crippen molar-refractivity contribution in [2.24, 2.45) is 5.10 Å². The van der Waals surface area contributed by atoms with E-state index in [0.717, 1.165) is 0 Å². The van der Waals surface area contributed by atoms with Gasteiger partial charge in [0.25, 0.3) is 0 Å². The minimum absolute atomic E-state index is 0.358. The molecule has 0 spiro atoms. The summed E-state index contributed by atoms with van der Waals surface area (Å²) in [6.45, 7) is 0.587. The van der Waals surface area contributed by atoms with Gasteiger partial charge in [-0.1, -0.05) is 12.1 Å². The van der Waals surface area contributed by atoms with Gasteiger partial charge in [0, 0.05) is 19.2 Å². The van der Waals surface area contributed by atoms with E-state index in [1.165, 1.54) is 6.21 Å². The fourth-order valence-corrected chi connectivity index (χ4v) is 1.48. The molecule has 0 fully saturated rings. The van der Waals surface area contributed by atoms with Crippen LogP contribution >= 0.6 is 12.2 Å². The minimum Gasteiger partial charge on any atom is -0.546 e. The molecule has 0 atom stereocenters. The predicted molar refractivity (Wildman–Crippen MR) is 80.2 cm³/mol. The molecule has 0 saturated carbocycles. The number of benzene rings is 1. The second kappa shape index (κ2) is 9.67. The fourth-order valence-electron chi connectivity index (χ4n) is 1.32. The summed E-state index contributed by atoms with van der Waals surface area (Å²) in [5.74, 6) is -0.895. The molecule has 114 valence electrons. The summed E-state index contributed by atoms with van der Waals surface area (Å²) < 4.78 is 9.96. The Bertz CT molecular complexity index is 508. The van der Waals surface area contributed by atoms with Crippen molar-refractivity contribution in [3.05, 3.63) is 29.8 Å². The van der Waals surface area contributed by atoms with Crippen LogP contribution in [0.4, 0.5) is 0 Å². The number of para-hydroxylation sites is 1. The van der Waals surface area contributed by atoms with Crippen LogP contribution in [0, 0.1) is 0 Å². The largest absolute Gasteiger partial charge is 0.546 e. The van der Waals surface area contributed by atoms with Gasteiger partial charge in [0.05, 0.1) is 18.8 Å². The Hall–Kier alpha value is -2.19. The second-order valence-electron chi connectivity index (χ2n) is 3.82. The number of ether oxygens (including phenoxy) is 2. The van der Waals surface area contributed by atoms with E-state index in [0.29, 0.717) is 29.6 Å². The highest BCUT2D eigenvalue weighted by atomic mass is 32.1. The number of nitrogens with zero attached hydrogens (tertiary/aromatic N) is 1. The van der Waals surface area contributed by atoms with E-state index in [1.54, 1.807) is 31.4 Å². The van der Waals surface area contributed by atoms with Crippen molar-refractivity contribution in [2.75, 3.05) is 26.9 Å². The first-order chi connectivity index (χ1) is 10.1. The number of nitrogens with one attached hydrogen (secondary N) is 2. The topological polar surface area (TPSA) is 95.0 Å². The van der Waals surface area contributed by atoms with Gasteiger partial charge in [0.1, 0.15) is 12.4 Å². The van der Waals surface area contributed by atoms with Gasteiger partial charge >= 0.3 is 0 Å². The number of hydrogen-bond acceptors (Lipinski definition) is 6. The maximum atomic E-state index is 10.4. The molecule has 0 radical (unpaired) electrons. The molecule has 0 unspecified atom stereocenters. The number of hydrogen-bond donors (Lipinski definition) is 2. The van der Waals surface area contributed by atoms with Gasteiger partial charge in [0.15, 0.2) is 5.11 Å². The third-order valence-electron chi connectivity index (χ3n) is 2.23. The number of carbonyl (C=O) groups is 1. The van der Waals surface area contributed by atoms with Gasteiger partial charge in [-0.2, -0.15) is 5.10 Å². The smallest absolute Gasteiger partial charge is 0.187 e. The third kappa shape index (κ3) is 7.23. The Labute approximate surface area is 127 Å². The number of carboxylic acids is 1. The highest BCUT2D eigenvalue weighted by Crippen LogP contribution is 2.15. The van der Waals surface area contributed by atoms with Crippen LogP contribution in [0.5, 0.6) is 5.75 Å². The molecular weight excluding hydrogens is 294 g/mol. The van der Waals surface area contributed by atoms with Crippen molar-refractivity contribution in [1.29, 1.82) is 0 Å². The molecule has 8 heteroatoms. The normalized spacial score (nSPS) is 10.3. The Morgan fingerprint density at radius 3 is 2.95 bits per heavy atom. The summed E-state index contributed by atoms with van der Waals surface area (Å²) in [4.78, 5) is 10.4. The van der Waals surface area contributed by atoms with E-state index in [2.05, 4.69) is 15.8 Å². The van der Waals surface area contributed by atoms with Crippen molar-refractivity contribution < 1.29 is 19.4 Å². The number of rotatable bonds is 8. The number of aliphatic carboxylic acids is 1. The lowest BCUT2D eigenvalue weighted by molar-refractivity contribution is -0.307. The molecule has 0 aliphatic heterocycles. The molecule has 2 N–H and O–H groups in total. The first-order valence-electron chi connectivity index (χ1n) is 6.11. The van der Waals surface area contributed by atoms with E-state index in [1.807, 2.05) is 0 Å². The third-order valence-corrected chi connectivity index (χ3v) is 2.46. The Balaban J connectivity index is 2.51. The van der Waals surface area contributed by atoms with Crippen LogP contribution in [0.1, 0.15) is 5.56 Å². The summed E-state index contributed by atoms with van der Waals surface area (Å²) >= 11 is 4.99. The summed E-state index contributed by atoms with van der Waals surface area (Å²) in [5.41, 5.74) is 3.25. The molecule has 21 heavy (non-hydrogen) atoms. The van der Waals surface area contributed by atoms with Gasteiger partial charge in [-0.3, -0.25) is 5.43 Å². The lowest BCUT2D eigenvalue weighted by Gasteiger charge is -2.09. The number of methoxy groups -OCH3 is 1. The van der Waals surface area contributed by atoms with Crippen LogP contribution in [0.2, 0.25) is 0 Å². The Morgan fingerprint density at radius 2 is 2.24 bits per heavy atom. The zero-order chi connectivity index (χ0) is 15.5. The standard InChI is InChI=1S/C13H17N3O4S/c1-19-7-6-14-13(21)16-15-8-10-4-2-3-5-11(10)20-9-12(17)18/h2-5,8H,6-7,9H2,1H3,(H,17,18)(H2,14,16,21)/p-1/b15-8-. The molecule has 7 nitrogen and oxygen atoms in total. The molecule has 0 aliphatic carbocycles. The first kappa shape index (κ1) is 16.9. The molecule has 1 aromatic rings. The van der Waals surface area contributed by atoms with Gasteiger partial charge < -0.3 is 24.7 Å². The van der Waals surface area contributed by atoms with E-state index < -0.39 is 12.6 Å². The lowest BCUT2D eigenvalue weighted by atomic mass is 10.2. The highest BCUT2D eigenvalue weighted by Gasteiger charge is 2.00. The molecule has 0 heterocycles. The van der Waals surface area contributed by atoms with Crippen molar-refractivity contribution in [3.8, 4) is 5.75 Å². The van der Waals surface area contributed by atoms with Crippen LogP contribution in [-0.2, 0) is 9.53 Å². The van der Waals surface area contributed by atoms with Crippen LogP contribution in [-0.4, -0.2) is 44.2 Å². The zero-order valence-corrected chi connectivity index (χ0v) is 12.3. The highest BCUT2D eigenvalue weighted by molar-refractivity contribution is 7.80. The average Bonchev–Trinajstić information content (AvgIpc) is 2.46. The van der Waals surface area contributed by atoms with Crippen LogP contribution in [0.3, 0.4) is 0 Å². The monoisotopic (exact) mass is 310 g/mol. The predicted octanol–water partition coefficient (Wildman–Crippen LogP) is -0.740. The number of thiocarbonyl (C=S) groups is 1. The number of carboxylic acid groups (broad SMARTS) is 1. The second-order valence-corrected chi connectivity index (χ2v) is 4.23.